The molecule has 0 spiro atoms. The van der Waals surface area contributed by atoms with Gasteiger partial charge in [-0.05, 0) is 48.3 Å². The number of para-hydroxylation sites is 2. The molecule has 0 fully saturated rings. The molecule has 0 radical (unpaired) electrons. The highest BCUT2D eigenvalue weighted by Crippen LogP contribution is 2.28. The fourth-order valence-electron chi connectivity index (χ4n) is 3.20. The van der Waals surface area contributed by atoms with Gasteiger partial charge in [0.1, 0.15) is 18.3 Å². The number of nitrogens with zero attached hydrogens (tertiary/aromatic N) is 1. The number of urea groups is 1. The Labute approximate surface area is 185 Å². The van der Waals surface area contributed by atoms with E-state index in [1.807, 2.05) is 30.5 Å². The third-order valence-corrected chi connectivity index (χ3v) is 5.51. The standard InChI is InChI=1S/C22H26N4O4S/c1-30-16-9-7-15(8-10-16)13-23-21(28)18(11-12-31-2)25-22(29)26-14-20(27)24-17-5-3-4-6-19(17)26/h3-10,18H,11-14H2,1-2H3,(H,23,28)(H,24,27)(H,25,29). The van der Waals surface area contributed by atoms with Crippen LogP contribution in [-0.2, 0) is 16.1 Å². The van der Waals surface area contributed by atoms with E-state index in [1.54, 1.807) is 43.1 Å². The molecule has 3 rings (SSSR count). The highest BCUT2D eigenvalue weighted by Gasteiger charge is 2.29. The fourth-order valence-corrected chi connectivity index (χ4v) is 3.67. The minimum atomic E-state index is -0.713. The van der Waals surface area contributed by atoms with Crippen LogP contribution in [0.15, 0.2) is 48.5 Å². The number of benzene rings is 2. The van der Waals surface area contributed by atoms with Gasteiger partial charge in [0.2, 0.25) is 11.8 Å². The molecule has 0 saturated carbocycles. The van der Waals surface area contributed by atoms with Gasteiger partial charge in [0.05, 0.1) is 18.5 Å². The molecule has 1 aliphatic rings. The zero-order valence-electron chi connectivity index (χ0n) is 17.5. The number of fused-ring (bicyclic) bond motifs is 1. The number of anilines is 2. The van der Waals surface area contributed by atoms with Crippen LogP contribution in [0.2, 0.25) is 0 Å². The summed E-state index contributed by atoms with van der Waals surface area (Å²) in [5, 5.41) is 8.43. The predicted molar refractivity (Wildman–Crippen MR) is 123 cm³/mol. The number of hydrogen-bond donors (Lipinski definition) is 3. The first-order valence-electron chi connectivity index (χ1n) is 9.88. The van der Waals surface area contributed by atoms with Gasteiger partial charge in [-0.2, -0.15) is 11.8 Å². The van der Waals surface area contributed by atoms with Gasteiger partial charge in [0.15, 0.2) is 0 Å². The van der Waals surface area contributed by atoms with E-state index in [2.05, 4.69) is 16.0 Å². The van der Waals surface area contributed by atoms with Crippen LogP contribution in [0.3, 0.4) is 0 Å². The molecular formula is C22H26N4O4S. The number of rotatable bonds is 8. The maximum absolute atomic E-state index is 13.0. The van der Waals surface area contributed by atoms with E-state index >= 15 is 0 Å². The zero-order chi connectivity index (χ0) is 22.2. The van der Waals surface area contributed by atoms with Gasteiger partial charge in [-0.15, -0.1) is 0 Å². The van der Waals surface area contributed by atoms with Gasteiger partial charge in [-0.1, -0.05) is 24.3 Å². The normalized spacial score (nSPS) is 13.6. The van der Waals surface area contributed by atoms with Gasteiger partial charge in [-0.3, -0.25) is 14.5 Å². The first-order valence-corrected chi connectivity index (χ1v) is 11.3. The number of carbonyl (C=O) groups excluding carboxylic acids is 3. The summed E-state index contributed by atoms with van der Waals surface area (Å²) in [6, 6.07) is 13.3. The second-order valence-corrected chi connectivity index (χ2v) is 7.99. The predicted octanol–water partition coefficient (Wildman–Crippen LogP) is 2.60. The van der Waals surface area contributed by atoms with Gasteiger partial charge in [0.25, 0.3) is 0 Å². The van der Waals surface area contributed by atoms with E-state index in [0.29, 0.717) is 30.1 Å². The van der Waals surface area contributed by atoms with E-state index < -0.39 is 12.1 Å². The van der Waals surface area contributed by atoms with Crippen LogP contribution in [0, 0.1) is 0 Å². The van der Waals surface area contributed by atoms with Crippen LogP contribution in [0.4, 0.5) is 16.2 Å². The molecule has 1 aliphatic heterocycles. The van der Waals surface area contributed by atoms with Crippen LogP contribution in [-0.4, -0.2) is 49.6 Å². The van der Waals surface area contributed by atoms with Crippen molar-refractivity contribution in [3.05, 3.63) is 54.1 Å². The number of nitrogens with one attached hydrogen (secondary N) is 3. The number of ether oxygens (including phenoxy) is 1. The van der Waals surface area contributed by atoms with Gasteiger partial charge >= 0.3 is 6.03 Å². The molecule has 164 valence electrons. The topological polar surface area (TPSA) is 99.8 Å². The fraction of sp³-hybridized carbons (Fsp3) is 0.318. The Bertz CT molecular complexity index is 935. The molecular weight excluding hydrogens is 416 g/mol. The zero-order valence-corrected chi connectivity index (χ0v) is 18.3. The molecule has 0 aliphatic carbocycles. The molecule has 2 aromatic rings. The van der Waals surface area contributed by atoms with Gasteiger partial charge in [-0.25, -0.2) is 4.79 Å². The quantitative estimate of drug-likeness (QED) is 0.584. The Morgan fingerprint density at radius 1 is 1.19 bits per heavy atom. The van der Waals surface area contributed by atoms with Crippen molar-refractivity contribution < 1.29 is 19.1 Å². The Hall–Kier alpha value is -3.20. The lowest BCUT2D eigenvalue weighted by molar-refractivity contribution is -0.123. The second-order valence-electron chi connectivity index (χ2n) is 7.00. The van der Waals surface area contributed by atoms with E-state index in [4.69, 9.17) is 4.74 Å². The van der Waals surface area contributed by atoms with E-state index in [0.717, 1.165) is 11.3 Å². The van der Waals surface area contributed by atoms with Crippen LogP contribution in [0.5, 0.6) is 5.75 Å². The maximum atomic E-state index is 13.0. The molecule has 0 bridgehead atoms. The van der Waals surface area contributed by atoms with Crippen LogP contribution in [0.1, 0.15) is 12.0 Å². The number of hydrogen-bond acceptors (Lipinski definition) is 5. The summed E-state index contributed by atoms with van der Waals surface area (Å²) in [6.45, 7) is 0.231. The van der Waals surface area contributed by atoms with Gasteiger partial charge in [0, 0.05) is 6.54 Å². The highest BCUT2D eigenvalue weighted by molar-refractivity contribution is 7.98. The molecule has 1 unspecified atom stereocenters. The summed E-state index contributed by atoms with van der Waals surface area (Å²) < 4.78 is 5.14. The summed E-state index contributed by atoms with van der Waals surface area (Å²) >= 11 is 1.59. The van der Waals surface area contributed by atoms with Crippen molar-refractivity contribution in [2.75, 3.05) is 35.9 Å². The Morgan fingerprint density at radius 2 is 1.94 bits per heavy atom. The summed E-state index contributed by atoms with van der Waals surface area (Å²) in [5.74, 6) is 0.898. The van der Waals surface area contributed by atoms with E-state index in [1.165, 1.54) is 4.90 Å². The van der Waals surface area contributed by atoms with Gasteiger partial charge < -0.3 is 20.7 Å². The van der Waals surface area contributed by atoms with Crippen molar-refractivity contribution in [3.8, 4) is 5.75 Å². The minimum absolute atomic E-state index is 0.106. The van der Waals surface area contributed by atoms with E-state index in [-0.39, 0.29) is 18.4 Å². The van der Waals surface area contributed by atoms with E-state index in [9.17, 15) is 14.4 Å². The molecule has 1 atom stereocenters. The van der Waals surface area contributed by atoms with Crippen molar-refractivity contribution in [3.63, 3.8) is 0 Å². The number of amides is 4. The second kappa shape index (κ2) is 10.7. The molecule has 8 nitrogen and oxygen atoms in total. The average molecular weight is 443 g/mol. The summed E-state index contributed by atoms with van der Waals surface area (Å²) in [4.78, 5) is 39.2. The van der Waals surface area contributed by atoms with Crippen LogP contribution < -0.4 is 25.6 Å². The van der Waals surface area contributed by atoms with Crippen molar-refractivity contribution in [2.45, 2.75) is 19.0 Å². The Kier molecular flexibility index (Phi) is 7.77. The molecule has 0 saturated heterocycles. The van der Waals surface area contributed by atoms with Crippen molar-refractivity contribution >= 4 is 41.0 Å². The lowest BCUT2D eigenvalue weighted by Crippen LogP contribution is -2.54. The molecule has 3 N–H and O–H groups in total. The minimum Gasteiger partial charge on any atom is -0.497 e. The smallest absolute Gasteiger partial charge is 0.323 e. The number of carbonyl (C=O) groups is 3. The van der Waals surface area contributed by atoms with Crippen molar-refractivity contribution in [1.29, 1.82) is 0 Å². The van der Waals surface area contributed by atoms with Crippen molar-refractivity contribution in [2.24, 2.45) is 0 Å². The lowest BCUT2D eigenvalue weighted by Gasteiger charge is -2.30. The maximum Gasteiger partial charge on any atom is 0.323 e. The number of methoxy groups -OCH3 is 1. The molecule has 9 heteroatoms. The first-order chi connectivity index (χ1) is 15.0. The molecule has 2 aromatic carbocycles. The van der Waals surface area contributed by atoms with Crippen LogP contribution >= 0.6 is 11.8 Å². The summed E-state index contributed by atoms with van der Waals surface area (Å²) in [6.07, 6.45) is 2.42. The third kappa shape index (κ3) is 5.91. The Balaban J connectivity index is 1.66. The molecule has 31 heavy (non-hydrogen) atoms. The average Bonchev–Trinajstić information content (AvgIpc) is 2.79. The molecule has 1 heterocycles. The largest absolute Gasteiger partial charge is 0.497 e. The Morgan fingerprint density at radius 3 is 2.65 bits per heavy atom. The van der Waals surface area contributed by atoms with Crippen molar-refractivity contribution in [1.82, 2.24) is 10.6 Å². The summed E-state index contributed by atoms with van der Waals surface area (Å²) in [5.41, 5.74) is 2.09. The molecule has 4 amide bonds. The SMILES string of the molecule is COc1ccc(CNC(=O)C(CCSC)NC(=O)N2CC(=O)Nc3ccccc32)cc1. The first kappa shape index (κ1) is 22.5. The number of thioether (sulfide) groups is 1. The lowest BCUT2D eigenvalue weighted by atomic mass is 10.1. The van der Waals surface area contributed by atoms with Crippen LogP contribution in [0.25, 0.3) is 0 Å². The monoisotopic (exact) mass is 442 g/mol. The highest BCUT2D eigenvalue weighted by atomic mass is 32.2. The third-order valence-electron chi connectivity index (χ3n) is 4.87. The summed E-state index contributed by atoms with van der Waals surface area (Å²) in [7, 11) is 1.60. The molecule has 0 aromatic heterocycles.